The predicted octanol–water partition coefficient (Wildman–Crippen LogP) is 4.28. The van der Waals surface area contributed by atoms with Crippen molar-refractivity contribution in [3.63, 3.8) is 0 Å². The second kappa shape index (κ2) is 7.29. The van der Waals surface area contributed by atoms with Crippen molar-refractivity contribution in [2.75, 3.05) is 0 Å². The van der Waals surface area contributed by atoms with E-state index in [0.29, 0.717) is 12.4 Å². The van der Waals surface area contributed by atoms with Crippen LogP contribution in [0.1, 0.15) is 27.9 Å². The van der Waals surface area contributed by atoms with Crippen molar-refractivity contribution in [1.82, 2.24) is 0 Å². The number of ketones is 2. The molecular formula is C18H15F3O3. The van der Waals surface area contributed by atoms with Gasteiger partial charge in [-0.15, -0.1) is 0 Å². The predicted molar refractivity (Wildman–Crippen MR) is 82.0 cm³/mol. The molecule has 24 heavy (non-hydrogen) atoms. The largest absolute Gasteiger partial charge is 0.489 e. The van der Waals surface area contributed by atoms with Gasteiger partial charge in [-0.1, -0.05) is 29.8 Å². The Morgan fingerprint density at radius 3 is 2.29 bits per heavy atom. The second-order valence-electron chi connectivity index (χ2n) is 5.32. The zero-order valence-electron chi connectivity index (χ0n) is 12.9. The Hall–Kier alpha value is -2.63. The van der Waals surface area contributed by atoms with E-state index in [2.05, 4.69) is 0 Å². The van der Waals surface area contributed by atoms with Crippen LogP contribution in [0, 0.1) is 6.92 Å². The fraction of sp³-hybridized carbons (Fsp3) is 0.222. The van der Waals surface area contributed by atoms with Crippen LogP contribution in [0.3, 0.4) is 0 Å². The van der Waals surface area contributed by atoms with Gasteiger partial charge in [0.05, 0.1) is 6.42 Å². The summed E-state index contributed by atoms with van der Waals surface area (Å²) in [6, 6.07) is 13.4. The van der Waals surface area contributed by atoms with Crippen LogP contribution in [0.5, 0.6) is 5.75 Å². The van der Waals surface area contributed by atoms with E-state index in [4.69, 9.17) is 4.74 Å². The number of carbonyl (C=O) groups excluding carboxylic acids is 2. The highest BCUT2D eigenvalue weighted by Crippen LogP contribution is 2.20. The molecule has 126 valence electrons. The van der Waals surface area contributed by atoms with Crippen molar-refractivity contribution < 1.29 is 27.5 Å². The lowest BCUT2D eigenvalue weighted by Gasteiger charge is -2.08. The first-order valence-electron chi connectivity index (χ1n) is 7.17. The molecule has 0 aliphatic rings. The Kier molecular flexibility index (Phi) is 5.39. The van der Waals surface area contributed by atoms with Crippen LogP contribution in [0.2, 0.25) is 0 Å². The van der Waals surface area contributed by atoms with E-state index in [1.165, 1.54) is 24.3 Å². The smallest absolute Gasteiger partial charge is 0.450 e. The maximum absolute atomic E-state index is 12.2. The summed E-state index contributed by atoms with van der Waals surface area (Å²) in [7, 11) is 0. The Labute approximate surface area is 137 Å². The zero-order chi connectivity index (χ0) is 17.7. The molecule has 0 bridgehead atoms. The highest BCUT2D eigenvalue weighted by Gasteiger charge is 2.39. The van der Waals surface area contributed by atoms with E-state index in [0.717, 1.165) is 11.1 Å². The number of Topliss-reactive ketones (excluding diaryl/α,β-unsaturated/α-hetero) is 2. The molecule has 0 saturated carbocycles. The lowest BCUT2D eigenvalue weighted by atomic mass is 10.1. The first kappa shape index (κ1) is 17.7. The lowest BCUT2D eigenvalue weighted by Crippen LogP contribution is -2.25. The molecule has 0 amide bonds. The maximum atomic E-state index is 12.2. The number of carbonyl (C=O) groups is 2. The molecule has 2 rings (SSSR count). The minimum atomic E-state index is -4.99. The van der Waals surface area contributed by atoms with Crippen LogP contribution >= 0.6 is 0 Å². The maximum Gasteiger partial charge on any atom is 0.450 e. The first-order valence-corrected chi connectivity index (χ1v) is 7.17. The first-order chi connectivity index (χ1) is 11.3. The molecule has 0 aliphatic carbocycles. The molecule has 0 N–H and O–H groups in total. The van der Waals surface area contributed by atoms with Crippen LogP contribution in [0.15, 0.2) is 48.5 Å². The summed E-state index contributed by atoms with van der Waals surface area (Å²) in [6.07, 6.45) is -6.18. The molecule has 2 aromatic rings. The Bertz CT molecular complexity index is 734. The van der Waals surface area contributed by atoms with Gasteiger partial charge in [0.15, 0.2) is 5.78 Å². The number of alkyl halides is 3. The standard InChI is InChI=1S/C18H15F3O3/c1-12-3-2-4-13(9-12)11-24-15-7-5-14(6-8-15)16(22)10-17(23)18(19,20)21/h2-9H,10-11H2,1H3. The fourth-order valence-electron chi connectivity index (χ4n) is 2.05. The Morgan fingerprint density at radius 1 is 1.04 bits per heavy atom. The second-order valence-corrected chi connectivity index (χ2v) is 5.32. The third-order valence-corrected chi connectivity index (χ3v) is 3.30. The molecule has 0 heterocycles. The molecule has 6 heteroatoms. The molecule has 0 aromatic heterocycles. The SMILES string of the molecule is Cc1cccc(COc2ccc(C(=O)CC(=O)C(F)(F)F)cc2)c1. The molecule has 0 atom stereocenters. The average molecular weight is 336 g/mol. The third-order valence-electron chi connectivity index (χ3n) is 3.30. The van der Waals surface area contributed by atoms with Crippen molar-refractivity contribution in [2.45, 2.75) is 26.1 Å². The number of rotatable bonds is 6. The van der Waals surface area contributed by atoms with E-state index in [-0.39, 0.29) is 5.56 Å². The summed E-state index contributed by atoms with van der Waals surface area (Å²) in [5.41, 5.74) is 2.12. The topological polar surface area (TPSA) is 43.4 Å². The average Bonchev–Trinajstić information content (AvgIpc) is 2.52. The molecule has 0 fully saturated rings. The number of halogens is 3. The summed E-state index contributed by atoms with van der Waals surface area (Å²) in [5.74, 6) is -2.44. The van der Waals surface area contributed by atoms with Crippen molar-refractivity contribution in [3.05, 3.63) is 65.2 Å². The monoisotopic (exact) mass is 336 g/mol. The molecule has 0 unspecified atom stereocenters. The van der Waals surface area contributed by atoms with Gasteiger partial charge in [-0.25, -0.2) is 0 Å². The van der Waals surface area contributed by atoms with Crippen LogP contribution in [0.4, 0.5) is 13.2 Å². The zero-order valence-corrected chi connectivity index (χ0v) is 12.9. The lowest BCUT2D eigenvalue weighted by molar-refractivity contribution is -0.170. The number of benzene rings is 2. The van der Waals surface area contributed by atoms with Gasteiger partial charge < -0.3 is 4.74 Å². The summed E-state index contributed by atoms with van der Waals surface area (Å²) >= 11 is 0. The molecular weight excluding hydrogens is 321 g/mol. The quantitative estimate of drug-likeness (QED) is 0.584. The number of aryl methyl sites for hydroxylation is 1. The van der Waals surface area contributed by atoms with Crippen LogP contribution < -0.4 is 4.74 Å². The minimum absolute atomic E-state index is 0.0375. The minimum Gasteiger partial charge on any atom is -0.489 e. The molecule has 0 spiro atoms. The van der Waals surface area contributed by atoms with Crippen LogP contribution in [-0.4, -0.2) is 17.7 Å². The van der Waals surface area contributed by atoms with E-state index >= 15 is 0 Å². The number of hydrogen-bond donors (Lipinski definition) is 0. The van der Waals surface area contributed by atoms with Gasteiger partial charge in [-0.05, 0) is 36.8 Å². The van der Waals surface area contributed by atoms with Gasteiger partial charge in [-0.2, -0.15) is 13.2 Å². The van der Waals surface area contributed by atoms with Gasteiger partial charge in [0, 0.05) is 5.56 Å². The fourth-order valence-corrected chi connectivity index (χ4v) is 2.05. The molecule has 0 radical (unpaired) electrons. The third kappa shape index (κ3) is 4.94. The van der Waals surface area contributed by atoms with E-state index in [1.54, 1.807) is 0 Å². The van der Waals surface area contributed by atoms with Crippen LogP contribution in [-0.2, 0) is 11.4 Å². The van der Waals surface area contributed by atoms with Gasteiger partial charge in [0.1, 0.15) is 12.4 Å². The molecule has 0 saturated heterocycles. The van der Waals surface area contributed by atoms with E-state index in [1.807, 2.05) is 31.2 Å². The van der Waals surface area contributed by atoms with Crippen molar-refractivity contribution >= 4 is 11.6 Å². The Balaban J connectivity index is 1.95. The van der Waals surface area contributed by atoms with Gasteiger partial charge in [-0.3, -0.25) is 9.59 Å². The van der Waals surface area contributed by atoms with Gasteiger partial charge in [0.2, 0.25) is 5.78 Å². The van der Waals surface area contributed by atoms with Gasteiger partial charge >= 0.3 is 6.18 Å². The highest BCUT2D eigenvalue weighted by molar-refractivity contribution is 6.09. The molecule has 3 nitrogen and oxygen atoms in total. The summed E-state index contributed by atoms with van der Waals surface area (Å²) < 4.78 is 42.0. The van der Waals surface area contributed by atoms with Crippen molar-refractivity contribution in [3.8, 4) is 5.75 Å². The highest BCUT2D eigenvalue weighted by atomic mass is 19.4. The van der Waals surface area contributed by atoms with Crippen LogP contribution in [0.25, 0.3) is 0 Å². The van der Waals surface area contributed by atoms with Gasteiger partial charge in [0.25, 0.3) is 0 Å². The molecule has 0 aliphatic heterocycles. The summed E-state index contributed by atoms with van der Waals surface area (Å²) in [4.78, 5) is 22.5. The number of ether oxygens (including phenoxy) is 1. The summed E-state index contributed by atoms with van der Waals surface area (Å²) in [5, 5.41) is 0. The summed E-state index contributed by atoms with van der Waals surface area (Å²) in [6.45, 7) is 2.30. The van der Waals surface area contributed by atoms with Crippen molar-refractivity contribution in [2.24, 2.45) is 0 Å². The van der Waals surface area contributed by atoms with E-state index < -0.39 is 24.2 Å². The van der Waals surface area contributed by atoms with Crippen molar-refractivity contribution in [1.29, 1.82) is 0 Å². The molecule has 2 aromatic carbocycles. The van der Waals surface area contributed by atoms with E-state index in [9.17, 15) is 22.8 Å². The Morgan fingerprint density at radius 2 is 1.71 bits per heavy atom. The normalized spacial score (nSPS) is 11.2. The number of hydrogen-bond acceptors (Lipinski definition) is 3.